The SMILES string of the molecule is COc1ccc(CN(C)C(C)CNC(C)C)cc1. The Kier molecular flexibility index (Phi) is 6.16. The maximum atomic E-state index is 5.16. The summed E-state index contributed by atoms with van der Waals surface area (Å²) in [5.74, 6) is 0.913. The second-order valence-electron chi connectivity index (χ2n) is 5.18. The highest BCUT2D eigenvalue weighted by atomic mass is 16.5. The number of hydrogen-bond acceptors (Lipinski definition) is 3. The van der Waals surface area contributed by atoms with Crippen LogP contribution in [0.2, 0.25) is 0 Å². The molecule has 1 aromatic carbocycles. The standard InChI is InChI=1S/C15H26N2O/c1-12(2)16-10-13(3)17(4)11-14-6-8-15(18-5)9-7-14/h6-9,12-13,16H,10-11H2,1-5H3. The highest BCUT2D eigenvalue weighted by Crippen LogP contribution is 2.13. The molecule has 0 aliphatic heterocycles. The van der Waals surface area contributed by atoms with Crippen molar-refractivity contribution in [1.29, 1.82) is 0 Å². The van der Waals surface area contributed by atoms with Crippen LogP contribution in [0.5, 0.6) is 5.75 Å². The first-order valence-corrected chi connectivity index (χ1v) is 6.59. The van der Waals surface area contributed by atoms with E-state index in [1.54, 1.807) is 7.11 Å². The maximum absolute atomic E-state index is 5.16. The highest BCUT2D eigenvalue weighted by Gasteiger charge is 2.09. The molecule has 1 rings (SSSR count). The van der Waals surface area contributed by atoms with Gasteiger partial charge in [-0.1, -0.05) is 26.0 Å². The predicted molar refractivity (Wildman–Crippen MR) is 77.1 cm³/mol. The average molecular weight is 250 g/mol. The fourth-order valence-electron chi connectivity index (χ4n) is 1.74. The molecule has 0 spiro atoms. The normalized spacial score (nSPS) is 13.1. The fourth-order valence-corrected chi connectivity index (χ4v) is 1.74. The number of nitrogens with one attached hydrogen (secondary N) is 1. The molecule has 0 bridgehead atoms. The molecule has 0 aromatic heterocycles. The van der Waals surface area contributed by atoms with Crippen molar-refractivity contribution in [3.05, 3.63) is 29.8 Å². The van der Waals surface area contributed by atoms with Crippen LogP contribution in [0.3, 0.4) is 0 Å². The topological polar surface area (TPSA) is 24.5 Å². The fraction of sp³-hybridized carbons (Fsp3) is 0.600. The summed E-state index contributed by atoms with van der Waals surface area (Å²) in [6.45, 7) is 8.58. The Morgan fingerprint density at radius 1 is 1.17 bits per heavy atom. The Morgan fingerprint density at radius 2 is 1.78 bits per heavy atom. The number of ether oxygens (including phenoxy) is 1. The molecule has 0 fully saturated rings. The Hall–Kier alpha value is -1.06. The summed E-state index contributed by atoms with van der Waals surface area (Å²) < 4.78 is 5.16. The molecule has 0 saturated carbocycles. The third kappa shape index (κ3) is 5.07. The van der Waals surface area contributed by atoms with E-state index >= 15 is 0 Å². The van der Waals surface area contributed by atoms with E-state index in [0.29, 0.717) is 12.1 Å². The summed E-state index contributed by atoms with van der Waals surface area (Å²) in [5, 5.41) is 3.47. The molecule has 0 saturated heterocycles. The van der Waals surface area contributed by atoms with Gasteiger partial charge in [0.2, 0.25) is 0 Å². The Labute approximate surface area is 111 Å². The summed E-state index contributed by atoms with van der Waals surface area (Å²) in [5.41, 5.74) is 1.31. The maximum Gasteiger partial charge on any atom is 0.118 e. The molecule has 1 N–H and O–H groups in total. The molecule has 102 valence electrons. The lowest BCUT2D eigenvalue weighted by Crippen LogP contribution is -2.39. The Balaban J connectivity index is 2.44. The minimum atomic E-state index is 0.523. The van der Waals surface area contributed by atoms with E-state index in [1.807, 2.05) is 12.1 Å². The van der Waals surface area contributed by atoms with E-state index in [9.17, 15) is 0 Å². The van der Waals surface area contributed by atoms with Gasteiger partial charge in [0.15, 0.2) is 0 Å². The van der Waals surface area contributed by atoms with Gasteiger partial charge in [0.25, 0.3) is 0 Å². The highest BCUT2D eigenvalue weighted by molar-refractivity contribution is 5.27. The van der Waals surface area contributed by atoms with Crippen molar-refractivity contribution in [3.63, 3.8) is 0 Å². The number of benzene rings is 1. The van der Waals surface area contributed by atoms with Crippen molar-refractivity contribution >= 4 is 0 Å². The van der Waals surface area contributed by atoms with Gasteiger partial charge >= 0.3 is 0 Å². The first kappa shape index (κ1) is 15.0. The van der Waals surface area contributed by atoms with Crippen molar-refractivity contribution in [2.24, 2.45) is 0 Å². The van der Waals surface area contributed by atoms with Crippen LogP contribution in [0.25, 0.3) is 0 Å². The zero-order chi connectivity index (χ0) is 13.5. The molecule has 0 aliphatic rings. The molecule has 0 aliphatic carbocycles. The van der Waals surface area contributed by atoms with Gasteiger partial charge in [-0.3, -0.25) is 4.90 Å². The van der Waals surface area contributed by atoms with Crippen LogP contribution < -0.4 is 10.1 Å². The van der Waals surface area contributed by atoms with Crippen LogP contribution in [0.1, 0.15) is 26.3 Å². The van der Waals surface area contributed by atoms with Crippen LogP contribution in [0, 0.1) is 0 Å². The minimum absolute atomic E-state index is 0.523. The van der Waals surface area contributed by atoms with Crippen molar-refractivity contribution < 1.29 is 4.74 Å². The number of nitrogens with zero attached hydrogens (tertiary/aromatic N) is 1. The molecule has 1 atom stereocenters. The van der Waals surface area contributed by atoms with Gasteiger partial charge < -0.3 is 10.1 Å². The third-order valence-corrected chi connectivity index (χ3v) is 3.16. The number of likely N-dealkylation sites (N-methyl/N-ethyl adjacent to an activating group) is 1. The molecule has 18 heavy (non-hydrogen) atoms. The van der Waals surface area contributed by atoms with Crippen molar-refractivity contribution in [3.8, 4) is 5.75 Å². The zero-order valence-electron chi connectivity index (χ0n) is 12.2. The van der Waals surface area contributed by atoms with Crippen molar-refractivity contribution in [1.82, 2.24) is 10.2 Å². The van der Waals surface area contributed by atoms with E-state index in [-0.39, 0.29) is 0 Å². The first-order valence-electron chi connectivity index (χ1n) is 6.59. The van der Waals surface area contributed by atoms with Crippen LogP contribution in [0.4, 0.5) is 0 Å². The lowest BCUT2D eigenvalue weighted by Gasteiger charge is -2.26. The van der Waals surface area contributed by atoms with Gasteiger partial charge in [-0.05, 0) is 31.7 Å². The van der Waals surface area contributed by atoms with Gasteiger partial charge in [-0.15, -0.1) is 0 Å². The third-order valence-electron chi connectivity index (χ3n) is 3.16. The van der Waals surface area contributed by atoms with E-state index in [4.69, 9.17) is 4.74 Å². The number of rotatable bonds is 7. The number of hydrogen-bond donors (Lipinski definition) is 1. The second kappa shape index (κ2) is 7.39. The van der Waals surface area contributed by atoms with Gasteiger partial charge in [0.05, 0.1) is 7.11 Å². The largest absolute Gasteiger partial charge is 0.497 e. The van der Waals surface area contributed by atoms with E-state index in [2.05, 4.69) is 50.2 Å². The van der Waals surface area contributed by atoms with Crippen LogP contribution in [-0.2, 0) is 6.54 Å². The zero-order valence-corrected chi connectivity index (χ0v) is 12.2. The lowest BCUT2D eigenvalue weighted by molar-refractivity contribution is 0.239. The van der Waals surface area contributed by atoms with Gasteiger partial charge in [0, 0.05) is 25.2 Å². The number of methoxy groups -OCH3 is 1. The first-order chi connectivity index (χ1) is 8.52. The Morgan fingerprint density at radius 3 is 2.28 bits per heavy atom. The molecule has 3 nitrogen and oxygen atoms in total. The summed E-state index contributed by atoms with van der Waals surface area (Å²) in [7, 11) is 3.86. The summed E-state index contributed by atoms with van der Waals surface area (Å²) in [4.78, 5) is 2.36. The van der Waals surface area contributed by atoms with E-state index < -0.39 is 0 Å². The van der Waals surface area contributed by atoms with Gasteiger partial charge in [-0.25, -0.2) is 0 Å². The van der Waals surface area contributed by atoms with Gasteiger partial charge in [0.1, 0.15) is 5.75 Å². The van der Waals surface area contributed by atoms with Crippen LogP contribution in [0.15, 0.2) is 24.3 Å². The monoisotopic (exact) mass is 250 g/mol. The van der Waals surface area contributed by atoms with Crippen molar-refractivity contribution in [2.45, 2.75) is 39.4 Å². The predicted octanol–water partition coefficient (Wildman–Crippen LogP) is 2.51. The molecular weight excluding hydrogens is 224 g/mol. The second-order valence-corrected chi connectivity index (χ2v) is 5.18. The molecular formula is C15H26N2O. The lowest BCUT2D eigenvalue weighted by atomic mass is 10.2. The molecule has 1 aromatic rings. The molecule has 0 amide bonds. The van der Waals surface area contributed by atoms with E-state index in [1.165, 1.54) is 5.56 Å². The Bertz CT molecular complexity index is 335. The summed E-state index contributed by atoms with van der Waals surface area (Å²) in [6.07, 6.45) is 0. The van der Waals surface area contributed by atoms with Gasteiger partial charge in [-0.2, -0.15) is 0 Å². The molecule has 0 radical (unpaired) electrons. The molecule has 0 heterocycles. The minimum Gasteiger partial charge on any atom is -0.497 e. The molecule has 1 unspecified atom stereocenters. The smallest absolute Gasteiger partial charge is 0.118 e. The molecule has 3 heteroatoms. The summed E-state index contributed by atoms with van der Waals surface area (Å²) in [6, 6.07) is 9.34. The van der Waals surface area contributed by atoms with Crippen LogP contribution >= 0.6 is 0 Å². The van der Waals surface area contributed by atoms with Crippen LogP contribution in [-0.4, -0.2) is 37.7 Å². The average Bonchev–Trinajstić information content (AvgIpc) is 2.36. The quantitative estimate of drug-likeness (QED) is 0.805. The van der Waals surface area contributed by atoms with E-state index in [0.717, 1.165) is 18.8 Å². The summed E-state index contributed by atoms with van der Waals surface area (Å²) >= 11 is 0. The van der Waals surface area contributed by atoms with Crippen molar-refractivity contribution in [2.75, 3.05) is 20.7 Å².